The molecule has 18 heavy (non-hydrogen) atoms. The van der Waals surface area contributed by atoms with Gasteiger partial charge in [0.15, 0.2) is 0 Å². The standard InChI is InChI=1S/C14H18O4/c1-7(2)12(15)17-14-6-9-4-10(11(14)5-9)8(3)13(16)18-14/h8-11H,1,4-6H2,2-3H3. The van der Waals surface area contributed by atoms with Gasteiger partial charge in [-0.15, -0.1) is 0 Å². The van der Waals surface area contributed by atoms with E-state index in [-0.39, 0.29) is 17.8 Å². The summed E-state index contributed by atoms with van der Waals surface area (Å²) in [6.45, 7) is 7.10. The topological polar surface area (TPSA) is 52.6 Å². The van der Waals surface area contributed by atoms with Gasteiger partial charge in [-0.25, -0.2) is 4.79 Å². The Morgan fingerprint density at radius 2 is 2.22 bits per heavy atom. The Bertz CT molecular complexity index is 441. The van der Waals surface area contributed by atoms with Gasteiger partial charge in [-0.1, -0.05) is 13.5 Å². The molecule has 0 aromatic rings. The molecule has 1 saturated heterocycles. The molecule has 1 aliphatic heterocycles. The van der Waals surface area contributed by atoms with Crippen molar-refractivity contribution in [3.05, 3.63) is 12.2 Å². The van der Waals surface area contributed by atoms with Crippen LogP contribution < -0.4 is 0 Å². The molecule has 2 aliphatic carbocycles. The average molecular weight is 250 g/mol. The largest absolute Gasteiger partial charge is 0.422 e. The molecule has 0 amide bonds. The van der Waals surface area contributed by atoms with Crippen LogP contribution in [0, 0.1) is 23.7 Å². The number of hydrogen-bond donors (Lipinski definition) is 0. The Kier molecular flexibility index (Phi) is 2.34. The van der Waals surface area contributed by atoms with Crippen LogP contribution in [-0.4, -0.2) is 17.7 Å². The molecule has 3 rings (SSSR count). The molecule has 2 bridgehead atoms. The van der Waals surface area contributed by atoms with E-state index in [4.69, 9.17) is 9.47 Å². The van der Waals surface area contributed by atoms with Crippen molar-refractivity contribution in [3.8, 4) is 0 Å². The maximum absolute atomic E-state index is 11.9. The van der Waals surface area contributed by atoms with E-state index < -0.39 is 11.8 Å². The molecular formula is C14H18O4. The van der Waals surface area contributed by atoms with E-state index in [0.717, 1.165) is 12.8 Å². The SMILES string of the molecule is C=C(C)C(=O)OC12CC3CC(C(C)C(=O)O1)C2C3. The summed E-state index contributed by atoms with van der Waals surface area (Å²) in [6.07, 6.45) is 2.73. The van der Waals surface area contributed by atoms with Gasteiger partial charge in [-0.3, -0.25) is 4.79 Å². The van der Waals surface area contributed by atoms with Crippen LogP contribution in [0.5, 0.6) is 0 Å². The van der Waals surface area contributed by atoms with E-state index in [0.29, 0.717) is 23.8 Å². The Labute approximate surface area is 106 Å². The molecule has 3 aliphatic rings. The second kappa shape index (κ2) is 3.59. The molecule has 0 radical (unpaired) electrons. The first-order chi connectivity index (χ1) is 8.43. The Balaban J connectivity index is 1.89. The highest BCUT2D eigenvalue weighted by Crippen LogP contribution is 2.60. The molecule has 1 heterocycles. The number of carbonyl (C=O) groups excluding carboxylic acids is 2. The van der Waals surface area contributed by atoms with E-state index in [2.05, 4.69) is 6.58 Å². The summed E-state index contributed by atoms with van der Waals surface area (Å²) in [7, 11) is 0. The van der Waals surface area contributed by atoms with Gasteiger partial charge in [0.1, 0.15) is 0 Å². The molecule has 98 valence electrons. The van der Waals surface area contributed by atoms with Crippen LogP contribution in [0.4, 0.5) is 0 Å². The summed E-state index contributed by atoms with van der Waals surface area (Å²) in [5.41, 5.74) is 0.346. The van der Waals surface area contributed by atoms with Crippen LogP contribution in [-0.2, 0) is 19.1 Å². The average Bonchev–Trinajstić information content (AvgIpc) is 2.84. The molecular weight excluding hydrogens is 232 g/mol. The lowest BCUT2D eigenvalue weighted by atomic mass is 9.74. The van der Waals surface area contributed by atoms with Crippen molar-refractivity contribution in [2.75, 3.05) is 0 Å². The van der Waals surface area contributed by atoms with Crippen molar-refractivity contribution >= 4 is 11.9 Å². The first-order valence-electron chi connectivity index (χ1n) is 6.54. The molecule has 5 unspecified atom stereocenters. The molecule has 0 aromatic carbocycles. The van der Waals surface area contributed by atoms with E-state index in [9.17, 15) is 9.59 Å². The van der Waals surface area contributed by atoms with Gasteiger partial charge in [0.05, 0.1) is 5.92 Å². The highest BCUT2D eigenvalue weighted by molar-refractivity contribution is 5.87. The van der Waals surface area contributed by atoms with Crippen molar-refractivity contribution in [2.24, 2.45) is 23.7 Å². The molecule has 3 fully saturated rings. The zero-order valence-electron chi connectivity index (χ0n) is 10.8. The Hall–Kier alpha value is -1.32. The van der Waals surface area contributed by atoms with Gasteiger partial charge >= 0.3 is 11.9 Å². The van der Waals surface area contributed by atoms with Gasteiger partial charge in [-0.2, -0.15) is 0 Å². The first kappa shape index (κ1) is 11.8. The number of rotatable bonds is 2. The fraction of sp³-hybridized carbons (Fsp3) is 0.714. The van der Waals surface area contributed by atoms with Crippen LogP contribution in [0.1, 0.15) is 33.1 Å². The lowest BCUT2D eigenvalue weighted by Crippen LogP contribution is -2.54. The maximum atomic E-state index is 11.9. The molecule has 0 N–H and O–H groups in total. The fourth-order valence-electron chi connectivity index (χ4n) is 3.90. The molecule has 0 spiro atoms. The van der Waals surface area contributed by atoms with Crippen molar-refractivity contribution in [2.45, 2.75) is 38.9 Å². The Morgan fingerprint density at radius 3 is 2.83 bits per heavy atom. The summed E-state index contributed by atoms with van der Waals surface area (Å²) in [6, 6.07) is 0. The first-order valence-corrected chi connectivity index (χ1v) is 6.54. The second-order valence-electron chi connectivity index (χ2n) is 6.00. The number of fused-ring (bicyclic) bond motifs is 1. The van der Waals surface area contributed by atoms with Crippen molar-refractivity contribution in [1.82, 2.24) is 0 Å². The minimum absolute atomic E-state index is 0.0723. The van der Waals surface area contributed by atoms with E-state index in [1.807, 2.05) is 6.92 Å². The summed E-state index contributed by atoms with van der Waals surface area (Å²) in [5, 5.41) is 0. The molecule has 4 heteroatoms. The third kappa shape index (κ3) is 1.44. The number of carbonyl (C=O) groups is 2. The predicted molar refractivity (Wildman–Crippen MR) is 63.2 cm³/mol. The van der Waals surface area contributed by atoms with E-state index in [1.165, 1.54) is 0 Å². The van der Waals surface area contributed by atoms with Gasteiger partial charge in [0, 0.05) is 17.9 Å². The van der Waals surface area contributed by atoms with Crippen LogP contribution in [0.2, 0.25) is 0 Å². The summed E-state index contributed by atoms with van der Waals surface area (Å²) in [4.78, 5) is 23.6. The lowest BCUT2D eigenvalue weighted by molar-refractivity contribution is -0.270. The highest BCUT2D eigenvalue weighted by atomic mass is 16.7. The smallest absolute Gasteiger partial charge is 0.336 e. The van der Waals surface area contributed by atoms with Crippen molar-refractivity contribution in [1.29, 1.82) is 0 Å². The zero-order valence-corrected chi connectivity index (χ0v) is 10.8. The van der Waals surface area contributed by atoms with Crippen molar-refractivity contribution < 1.29 is 19.1 Å². The maximum Gasteiger partial charge on any atom is 0.336 e. The van der Waals surface area contributed by atoms with Gasteiger partial charge in [0.2, 0.25) is 0 Å². The van der Waals surface area contributed by atoms with E-state index in [1.54, 1.807) is 6.92 Å². The van der Waals surface area contributed by atoms with Crippen LogP contribution in [0.15, 0.2) is 12.2 Å². The van der Waals surface area contributed by atoms with Gasteiger partial charge in [0.25, 0.3) is 5.79 Å². The van der Waals surface area contributed by atoms with Crippen molar-refractivity contribution in [3.63, 3.8) is 0 Å². The van der Waals surface area contributed by atoms with E-state index >= 15 is 0 Å². The highest BCUT2D eigenvalue weighted by Gasteiger charge is 2.65. The minimum atomic E-state index is -0.993. The third-order valence-corrected chi connectivity index (χ3v) is 4.75. The Morgan fingerprint density at radius 1 is 1.50 bits per heavy atom. The van der Waals surface area contributed by atoms with Gasteiger partial charge < -0.3 is 9.47 Å². The second-order valence-corrected chi connectivity index (χ2v) is 6.00. The number of esters is 2. The summed E-state index contributed by atoms with van der Waals surface area (Å²) < 4.78 is 11.0. The summed E-state index contributed by atoms with van der Waals surface area (Å²) >= 11 is 0. The van der Waals surface area contributed by atoms with Crippen LogP contribution in [0.25, 0.3) is 0 Å². The third-order valence-electron chi connectivity index (χ3n) is 4.75. The predicted octanol–water partition coefficient (Wildman–Crippen LogP) is 2.04. The lowest BCUT2D eigenvalue weighted by Gasteiger charge is -2.46. The van der Waals surface area contributed by atoms with Crippen LogP contribution >= 0.6 is 0 Å². The quantitative estimate of drug-likeness (QED) is 0.556. The molecule has 0 aromatic heterocycles. The molecule has 2 saturated carbocycles. The molecule has 4 nitrogen and oxygen atoms in total. The normalized spacial score (nSPS) is 44.7. The monoisotopic (exact) mass is 250 g/mol. The number of ether oxygens (including phenoxy) is 2. The number of hydrogen-bond acceptors (Lipinski definition) is 4. The minimum Gasteiger partial charge on any atom is -0.422 e. The van der Waals surface area contributed by atoms with Crippen LogP contribution in [0.3, 0.4) is 0 Å². The fourth-order valence-corrected chi connectivity index (χ4v) is 3.90. The van der Waals surface area contributed by atoms with Gasteiger partial charge in [-0.05, 0) is 31.6 Å². The zero-order chi connectivity index (χ0) is 13.1. The molecule has 5 atom stereocenters. The summed E-state index contributed by atoms with van der Waals surface area (Å²) in [5.74, 6) is -0.741.